The molecular formula is C17H16N2O3S. The molecule has 0 spiro atoms. The van der Waals surface area contributed by atoms with Crippen LogP contribution < -0.4 is 14.8 Å². The van der Waals surface area contributed by atoms with Crippen molar-refractivity contribution in [3.05, 3.63) is 39.8 Å². The van der Waals surface area contributed by atoms with E-state index in [0.29, 0.717) is 27.6 Å². The monoisotopic (exact) mass is 328 g/mol. The van der Waals surface area contributed by atoms with Crippen LogP contribution in [0.4, 0.5) is 5.00 Å². The van der Waals surface area contributed by atoms with E-state index in [1.807, 2.05) is 0 Å². The number of benzene rings is 1. The Morgan fingerprint density at radius 2 is 1.91 bits per heavy atom. The number of ether oxygens (including phenoxy) is 2. The fourth-order valence-corrected chi connectivity index (χ4v) is 3.96. The molecule has 0 unspecified atom stereocenters. The smallest absolute Gasteiger partial charge is 0.256 e. The van der Waals surface area contributed by atoms with Gasteiger partial charge in [-0.25, -0.2) is 0 Å². The number of amides is 1. The van der Waals surface area contributed by atoms with E-state index in [2.05, 4.69) is 11.4 Å². The molecule has 0 atom stereocenters. The highest BCUT2D eigenvalue weighted by Crippen LogP contribution is 2.38. The molecule has 5 nitrogen and oxygen atoms in total. The normalized spacial score (nSPS) is 12.4. The quantitative estimate of drug-likeness (QED) is 0.934. The van der Waals surface area contributed by atoms with Gasteiger partial charge < -0.3 is 14.8 Å². The number of hydrogen-bond acceptors (Lipinski definition) is 5. The summed E-state index contributed by atoms with van der Waals surface area (Å²) in [7, 11) is 3.07. The molecule has 1 aromatic heterocycles. The minimum atomic E-state index is -0.279. The van der Waals surface area contributed by atoms with Crippen LogP contribution in [0.25, 0.3) is 0 Å². The van der Waals surface area contributed by atoms with Gasteiger partial charge in [-0.1, -0.05) is 0 Å². The SMILES string of the molecule is COc1cc(OC)cc(C(=O)Nc2sc3c(c2C#N)CCC3)c1. The third kappa shape index (κ3) is 2.88. The number of rotatable bonds is 4. The van der Waals surface area contributed by atoms with Gasteiger partial charge in [-0.15, -0.1) is 11.3 Å². The summed E-state index contributed by atoms with van der Waals surface area (Å²) in [5.74, 6) is 0.811. The lowest BCUT2D eigenvalue weighted by molar-refractivity contribution is 0.102. The molecule has 0 bridgehead atoms. The Morgan fingerprint density at radius 3 is 2.52 bits per heavy atom. The summed E-state index contributed by atoms with van der Waals surface area (Å²) in [5.41, 5.74) is 2.13. The Balaban J connectivity index is 1.90. The summed E-state index contributed by atoms with van der Waals surface area (Å²) in [5, 5.41) is 12.9. The lowest BCUT2D eigenvalue weighted by atomic mass is 10.1. The van der Waals surface area contributed by atoms with E-state index in [0.717, 1.165) is 24.8 Å². The number of methoxy groups -OCH3 is 2. The Morgan fingerprint density at radius 1 is 1.22 bits per heavy atom. The molecule has 118 valence electrons. The molecule has 1 N–H and O–H groups in total. The Bertz CT molecular complexity index is 783. The summed E-state index contributed by atoms with van der Waals surface area (Å²) in [6.07, 6.45) is 2.98. The predicted molar refractivity (Wildman–Crippen MR) is 88.6 cm³/mol. The van der Waals surface area contributed by atoms with Crippen LogP contribution in [0.3, 0.4) is 0 Å². The van der Waals surface area contributed by atoms with E-state index in [9.17, 15) is 10.1 Å². The van der Waals surface area contributed by atoms with Crippen molar-refractivity contribution in [1.82, 2.24) is 0 Å². The predicted octanol–water partition coefficient (Wildman–Crippen LogP) is 3.38. The van der Waals surface area contributed by atoms with Crippen LogP contribution in [-0.4, -0.2) is 20.1 Å². The average Bonchev–Trinajstić information content (AvgIpc) is 3.14. The molecule has 0 aliphatic heterocycles. The first-order chi connectivity index (χ1) is 11.2. The van der Waals surface area contributed by atoms with Crippen LogP contribution in [-0.2, 0) is 12.8 Å². The minimum Gasteiger partial charge on any atom is -0.497 e. The van der Waals surface area contributed by atoms with Gasteiger partial charge in [-0.3, -0.25) is 4.79 Å². The maximum atomic E-state index is 12.5. The highest BCUT2D eigenvalue weighted by molar-refractivity contribution is 7.16. The summed E-state index contributed by atoms with van der Waals surface area (Å²) < 4.78 is 10.4. The Hall–Kier alpha value is -2.52. The van der Waals surface area contributed by atoms with Crippen molar-refractivity contribution in [3.63, 3.8) is 0 Å². The number of anilines is 1. The zero-order valence-electron chi connectivity index (χ0n) is 12.9. The third-order valence-electron chi connectivity index (χ3n) is 3.87. The van der Waals surface area contributed by atoms with E-state index >= 15 is 0 Å². The second-order valence-electron chi connectivity index (χ2n) is 5.23. The average molecular weight is 328 g/mol. The topological polar surface area (TPSA) is 71.3 Å². The lowest BCUT2D eigenvalue weighted by Crippen LogP contribution is -2.12. The second-order valence-corrected chi connectivity index (χ2v) is 6.33. The van der Waals surface area contributed by atoms with E-state index in [1.165, 1.54) is 30.4 Å². The molecular weight excluding hydrogens is 312 g/mol. The highest BCUT2D eigenvalue weighted by Gasteiger charge is 2.23. The number of nitrogens with one attached hydrogen (secondary N) is 1. The third-order valence-corrected chi connectivity index (χ3v) is 5.08. The summed E-state index contributed by atoms with van der Waals surface area (Å²) >= 11 is 1.50. The van der Waals surface area contributed by atoms with Crippen LogP contribution in [0, 0.1) is 11.3 Å². The standard InChI is InChI=1S/C17H16N2O3S/c1-21-11-6-10(7-12(8-11)22-2)16(20)19-17-14(9-18)13-4-3-5-15(13)23-17/h6-8H,3-5H2,1-2H3,(H,19,20). The molecule has 6 heteroatoms. The molecule has 2 aromatic rings. The van der Waals surface area contributed by atoms with E-state index in [-0.39, 0.29) is 5.91 Å². The molecule has 1 aliphatic carbocycles. The molecule has 0 fully saturated rings. The van der Waals surface area contributed by atoms with E-state index in [4.69, 9.17) is 9.47 Å². The van der Waals surface area contributed by atoms with Gasteiger partial charge in [0.25, 0.3) is 5.91 Å². The van der Waals surface area contributed by atoms with Gasteiger partial charge in [0.15, 0.2) is 0 Å². The molecule has 23 heavy (non-hydrogen) atoms. The Labute approximate surface area is 138 Å². The zero-order valence-corrected chi connectivity index (χ0v) is 13.8. The first-order valence-electron chi connectivity index (χ1n) is 7.25. The summed E-state index contributed by atoms with van der Waals surface area (Å²) in [6.45, 7) is 0. The van der Waals surface area contributed by atoms with Gasteiger partial charge in [0.05, 0.1) is 19.8 Å². The van der Waals surface area contributed by atoms with Crippen molar-refractivity contribution in [2.45, 2.75) is 19.3 Å². The lowest BCUT2D eigenvalue weighted by Gasteiger charge is -2.09. The number of nitriles is 1. The maximum Gasteiger partial charge on any atom is 0.256 e. The molecule has 1 aromatic carbocycles. The maximum absolute atomic E-state index is 12.5. The first kappa shape index (κ1) is 15.4. The van der Waals surface area contributed by atoms with Gasteiger partial charge in [-0.2, -0.15) is 5.26 Å². The Kier molecular flexibility index (Phi) is 4.22. The number of aryl methyl sites for hydroxylation is 1. The van der Waals surface area contributed by atoms with E-state index in [1.54, 1.807) is 18.2 Å². The number of nitrogens with zero attached hydrogens (tertiary/aromatic N) is 1. The van der Waals surface area contributed by atoms with Crippen LogP contribution in [0.15, 0.2) is 18.2 Å². The fourth-order valence-electron chi connectivity index (χ4n) is 2.72. The summed E-state index contributed by atoms with van der Waals surface area (Å²) in [6, 6.07) is 7.22. The number of thiophene rings is 1. The van der Waals surface area contributed by atoms with Crippen molar-refractivity contribution < 1.29 is 14.3 Å². The first-order valence-corrected chi connectivity index (χ1v) is 8.07. The van der Waals surface area contributed by atoms with Gasteiger partial charge in [-0.05, 0) is 37.0 Å². The van der Waals surface area contributed by atoms with Crippen LogP contribution in [0.2, 0.25) is 0 Å². The molecule has 1 aliphatic rings. The van der Waals surface area contributed by atoms with Gasteiger partial charge in [0.2, 0.25) is 0 Å². The number of fused-ring (bicyclic) bond motifs is 1. The largest absolute Gasteiger partial charge is 0.497 e. The number of carbonyl (C=O) groups excluding carboxylic acids is 1. The van der Waals surface area contributed by atoms with Gasteiger partial charge in [0.1, 0.15) is 22.6 Å². The minimum absolute atomic E-state index is 0.279. The zero-order chi connectivity index (χ0) is 16.4. The van der Waals surface area contributed by atoms with Gasteiger partial charge >= 0.3 is 0 Å². The van der Waals surface area contributed by atoms with Crippen molar-refractivity contribution in [3.8, 4) is 17.6 Å². The molecule has 1 amide bonds. The van der Waals surface area contributed by atoms with Crippen LogP contribution in [0.1, 0.15) is 32.8 Å². The highest BCUT2D eigenvalue weighted by atomic mass is 32.1. The van der Waals surface area contributed by atoms with Crippen LogP contribution >= 0.6 is 11.3 Å². The number of hydrogen-bond donors (Lipinski definition) is 1. The molecule has 0 saturated carbocycles. The van der Waals surface area contributed by atoms with E-state index < -0.39 is 0 Å². The summed E-state index contributed by atoms with van der Waals surface area (Å²) in [4.78, 5) is 13.7. The van der Waals surface area contributed by atoms with Crippen molar-refractivity contribution in [2.75, 3.05) is 19.5 Å². The van der Waals surface area contributed by atoms with Crippen molar-refractivity contribution in [2.24, 2.45) is 0 Å². The molecule has 3 rings (SSSR count). The van der Waals surface area contributed by atoms with Crippen LogP contribution in [0.5, 0.6) is 11.5 Å². The van der Waals surface area contributed by atoms with Crippen molar-refractivity contribution in [1.29, 1.82) is 5.26 Å². The fraction of sp³-hybridized carbons (Fsp3) is 0.294. The molecule has 0 radical (unpaired) electrons. The second kappa shape index (κ2) is 6.31. The number of carbonyl (C=O) groups is 1. The van der Waals surface area contributed by atoms with Gasteiger partial charge in [0, 0.05) is 16.5 Å². The van der Waals surface area contributed by atoms with Crippen molar-refractivity contribution >= 4 is 22.2 Å². The molecule has 0 saturated heterocycles. The molecule has 1 heterocycles.